The topological polar surface area (TPSA) is 136 Å². The summed E-state index contributed by atoms with van der Waals surface area (Å²) in [5.41, 5.74) is 2.96. The molecule has 0 spiro atoms. The molecule has 5 rings (SSSR count). The number of aromatic nitrogens is 2. The number of hydrogen-bond donors (Lipinski definition) is 3. The summed E-state index contributed by atoms with van der Waals surface area (Å²) >= 11 is 1.10. The van der Waals surface area contributed by atoms with Crippen molar-refractivity contribution in [1.82, 2.24) is 9.66 Å². The molecule has 0 saturated heterocycles. The van der Waals surface area contributed by atoms with Crippen LogP contribution in [0.15, 0.2) is 95.3 Å². The number of para-hydroxylation sites is 1. The zero-order chi connectivity index (χ0) is 24.6. The number of nitrogen functional groups attached to an aromatic ring is 1. The first-order valence-corrected chi connectivity index (χ1v) is 12.7. The maximum atomic E-state index is 13.4. The highest BCUT2D eigenvalue weighted by Crippen LogP contribution is 2.34. The SMILES string of the molecule is NN(c1nccs1)S(=O)(=O)c1ccc(NC(=O)c2c(-c3ccccc3)c3ccccc3n2N)cc1. The van der Waals surface area contributed by atoms with E-state index < -0.39 is 15.9 Å². The minimum atomic E-state index is -4.00. The summed E-state index contributed by atoms with van der Waals surface area (Å²) in [7, 11) is -4.00. The molecule has 0 aliphatic rings. The monoisotopic (exact) mass is 504 g/mol. The molecule has 0 bridgehead atoms. The average Bonchev–Trinajstić information content (AvgIpc) is 3.51. The molecule has 2 heterocycles. The van der Waals surface area contributed by atoms with Crippen LogP contribution in [-0.4, -0.2) is 24.0 Å². The van der Waals surface area contributed by atoms with Gasteiger partial charge in [0.15, 0.2) is 0 Å². The molecule has 0 aliphatic carbocycles. The first-order valence-electron chi connectivity index (χ1n) is 10.4. The molecule has 9 nitrogen and oxygen atoms in total. The fraction of sp³-hybridized carbons (Fsp3) is 0. The predicted octanol–water partition coefficient (Wildman–Crippen LogP) is 3.80. The molecule has 0 aliphatic heterocycles. The minimum absolute atomic E-state index is 0.0360. The number of anilines is 2. The third-order valence-electron chi connectivity index (χ3n) is 5.46. The Morgan fingerprint density at radius 2 is 1.66 bits per heavy atom. The molecule has 5 aromatic rings. The number of benzene rings is 3. The van der Waals surface area contributed by atoms with E-state index in [2.05, 4.69) is 10.3 Å². The van der Waals surface area contributed by atoms with Crippen molar-refractivity contribution < 1.29 is 13.2 Å². The molecule has 2 aromatic heterocycles. The van der Waals surface area contributed by atoms with Gasteiger partial charge in [0.1, 0.15) is 5.69 Å². The summed E-state index contributed by atoms with van der Waals surface area (Å²) in [5, 5.41) is 5.43. The molecule has 11 heteroatoms. The second-order valence-electron chi connectivity index (χ2n) is 7.57. The van der Waals surface area contributed by atoms with Gasteiger partial charge in [-0.2, -0.15) is 12.8 Å². The van der Waals surface area contributed by atoms with Crippen molar-refractivity contribution in [2.45, 2.75) is 4.90 Å². The van der Waals surface area contributed by atoms with Crippen molar-refractivity contribution in [3.05, 3.63) is 96.1 Å². The van der Waals surface area contributed by atoms with Gasteiger partial charge < -0.3 is 11.2 Å². The first kappa shape index (κ1) is 22.6. The van der Waals surface area contributed by atoms with E-state index in [9.17, 15) is 13.2 Å². The number of sulfonamides is 1. The number of nitrogens with two attached hydrogens (primary N) is 2. The molecule has 1 amide bonds. The molecular weight excluding hydrogens is 484 g/mol. The highest BCUT2D eigenvalue weighted by molar-refractivity contribution is 7.93. The van der Waals surface area contributed by atoms with Gasteiger partial charge in [-0.05, 0) is 35.9 Å². The van der Waals surface area contributed by atoms with E-state index in [4.69, 9.17) is 11.7 Å². The molecule has 0 atom stereocenters. The third-order valence-corrected chi connectivity index (χ3v) is 7.91. The van der Waals surface area contributed by atoms with Crippen molar-refractivity contribution in [3.63, 3.8) is 0 Å². The highest BCUT2D eigenvalue weighted by atomic mass is 32.2. The minimum Gasteiger partial charge on any atom is -0.338 e. The lowest BCUT2D eigenvalue weighted by molar-refractivity contribution is 0.102. The second kappa shape index (κ2) is 8.87. The van der Waals surface area contributed by atoms with Crippen LogP contribution in [0.25, 0.3) is 22.0 Å². The van der Waals surface area contributed by atoms with Gasteiger partial charge >= 0.3 is 0 Å². The fourth-order valence-electron chi connectivity index (χ4n) is 3.83. The van der Waals surface area contributed by atoms with E-state index in [1.54, 1.807) is 5.38 Å². The van der Waals surface area contributed by atoms with E-state index in [0.717, 1.165) is 22.3 Å². The molecule has 0 saturated carbocycles. The number of hydrazine groups is 1. The Morgan fingerprint density at radius 3 is 2.34 bits per heavy atom. The van der Waals surface area contributed by atoms with Gasteiger partial charge in [-0.3, -0.25) is 9.47 Å². The van der Waals surface area contributed by atoms with Crippen LogP contribution in [0.3, 0.4) is 0 Å². The summed E-state index contributed by atoms with van der Waals surface area (Å²) in [4.78, 5) is 17.3. The van der Waals surface area contributed by atoms with E-state index >= 15 is 0 Å². The lowest BCUT2D eigenvalue weighted by atomic mass is 10.0. The Kier molecular flexibility index (Phi) is 5.73. The average molecular weight is 505 g/mol. The van der Waals surface area contributed by atoms with Crippen LogP contribution >= 0.6 is 11.3 Å². The van der Waals surface area contributed by atoms with Crippen molar-refractivity contribution in [3.8, 4) is 11.1 Å². The number of hydrogen-bond acceptors (Lipinski definition) is 7. The number of nitrogens with zero attached hydrogens (tertiary/aromatic N) is 3. The van der Waals surface area contributed by atoms with Crippen LogP contribution in [0.2, 0.25) is 0 Å². The lowest BCUT2D eigenvalue weighted by Gasteiger charge is -2.16. The Balaban J connectivity index is 1.47. The Bertz CT molecular complexity index is 1610. The number of carbonyl (C=O) groups excluding carboxylic acids is 1. The van der Waals surface area contributed by atoms with Gasteiger partial charge in [0, 0.05) is 28.2 Å². The summed E-state index contributed by atoms with van der Waals surface area (Å²) in [6, 6.07) is 22.8. The van der Waals surface area contributed by atoms with Crippen molar-refractivity contribution in [2.24, 2.45) is 5.84 Å². The number of nitrogens with one attached hydrogen (secondary N) is 1. The molecule has 0 radical (unpaired) electrons. The largest absolute Gasteiger partial charge is 0.338 e. The number of fused-ring (bicyclic) bond motifs is 1. The van der Waals surface area contributed by atoms with Gasteiger partial charge in [-0.15, -0.1) is 11.3 Å². The molecule has 176 valence electrons. The zero-order valence-corrected chi connectivity index (χ0v) is 19.8. The van der Waals surface area contributed by atoms with Crippen LogP contribution in [0.4, 0.5) is 10.8 Å². The number of carbonyl (C=O) groups is 1. The molecule has 3 aromatic carbocycles. The lowest BCUT2D eigenvalue weighted by Crippen LogP contribution is -2.37. The fourth-order valence-corrected chi connectivity index (χ4v) is 5.68. The molecule has 35 heavy (non-hydrogen) atoms. The van der Waals surface area contributed by atoms with Crippen LogP contribution < -0.4 is 21.4 Å². The second-order valence-corrected chi connectivity index (χ2v) is 10.3. The molecule has 0 unspecified atom stereocenters. The van der Waals surface area contributed by atoms with Gasteiger partial charge in [-0.1, -0.05) is 48.5 Å². The Hall–Kier alpha value is -4.19. The summed E-state index contributed by atoms with van der Waals surface area (Å²) < 4.78 is 27.6. The van der Waals surface area contributed by atoms with Gasteiger partial charge in [-0.25, -0.2) is 10.8 Å². The van der Waals surface area contributed by atoms with E-state index in [1.807, 2.05) is 54.6 Å². The standard InChI is InChI=1S/C24H20N6O3S2/c25-29-20-9-5-4-8-19(20)21(16-6-2-1-3-7-16)22(29)23(31)28-17-10-12-18(13-11-17)35(32,33)30(26)24-27-14-15-34-24/h1-15H,25-26H2,(H,28,31). The maximum Gasteiger partial charge on any atom is 0.279 e. The first-order chi connectivity index (χ1) is 16.9. The van der Waals surface area contributed by atoms with Crippen molar-refractivity contribution >= 4 is 49.0 Å². The normalized spacial score (nSPS) is 11.5. The summed E-state index contributed by atoms with van der Waals surface area (Å²) in [6.45, 7) is 0. The Labute approximate surface area is 205 Å². The molecule has 5 N–H and O–H groups in total. The number of amides is 1. The van der Waals surface area contributed by atoms with E-state index in [-0.39, 0.29) is 15.7 Å². The third kappa shape index (κ3) is 4.01. The van der Waals surface area contributed by atoms with Crippen LogP contribution in [0.1, 0.15) is 10.5 Å². The predicted molar refractivity (Wildman–Crippen MR) is 138 cm³/mol. The van der Waals surface area contributed by atoms with Gasteiger partial charge in [0.25, 0.3) is 15.9 Å². The van der Waals surface area contributed by atoms with Crippen LogP contribution in [-0.2, 0) is 10.0 Å². The number of rotatable bonds is 6. The maximum absolute atomic E-state index is 13.4. The summed E-state index contributed by atoms with van der Waals surface area (Å²) in [5.74, 6) is 11.7. The van der Waals surface area contributed by atoms with E-state index in [1.165, 1.54) is 35.1 Å². The van der Waals surface area contributed by atoms with Crippen LogP contribution in [0, 0.1) is 0 Å². The molecule has 0 fully saturated rings. The van der Waals surface area contributed by atoms with Gasteiger partial charge in [0.05, 0.1) is 10.4 Å². The smallest absolute Gasteiger partial charge is 0.279 e. The summed E-state index contributed by atoms with van der Waals surface area (Å²) in [6.07, 6.45) is 1.47. The van der Waals surface area contributed by atoms with Crippen molar-refractivity contribution in [1.29, 1.82) is 0 Å². The Morgan fingerprint density at radius 1 is 0.971 bits per heavy atom. The quantitative estimate of drug-likeness (QED) is 0.238. The highest BCUT2D eigenvalue weighted by Gasteiger charge is 2.25. The zero-order valence-electron chi connectivity index (χ0n) is 18.2. The van der Waals surface area contributed by atoms with E-state index in [0.29, 0.717) is 21.2 Å². The molecular formula is C24H20N6O3S2. The van der Waals surface area contributed by atoms with Crippen molar-refractivity contribution in [2.75, 3.05) is 15.6 Å². The van der Waals surface area contributed by atoms with Crippen LogP contribution in [0.5, 0.6) is 0 Å². The van der Waals surface area contributed by atoms with Gasteiger partial charge in [0.2, 0.25) is 5.13 Å². The number of thiazole rings is 1.